The fourth-order valence-electron chi connectivity index (χ4n) is 0.946. The monoisotopic (exact) mass is 182 g/mol. The number of anilines is 1. The number of amides is 1. The van der Waals surface area contributed by atoms with Gasteiger partial charge in [-0.05, 0) is 5.41 Å². The first-order valence-corrected chi connectivity index (χ1v) is 4.18. The van der Waals surface area contributed by atoms with Gasteiger partial charge in [-0.1, -0.05) is 25.9 Å². The quantitative estimate of drug-likeness (QED) is 0.761. The molecule has 0 fully saturated rings. The van der Waals surface area contributed by atoms with E-state index >= 15 is 0 Å². The largest absolute Gasteiger partial charge is 0.363 e. The third kappa shape index (κ3) is 3.73. The van der Waals surface area contributed by atoms with Crippen molar-refractivity contribution < 1.29 is 9.32 Å². The summed E-state index contributed by atoms with van der Waals surface area (Å²) in [5, 5.41) is 6.21. The predicted molar refractivity (Wildman–Crippen MR) is 49.2 cm³/mol. The summed E-state index contributed by atoms with van der Waals surface area (Å²) in [6.07, 6.45) is 1.90. The highest BCUT2D eigenvalue weighted by Crippen LogP contribution is 2.18. The number of hydrogen-bond acceptors (Lipinski definition) is 3. The molecule has 0 aliphatic rings. The van der Waals surface area contributed by atoms with E-state index in [1.165, 1.54) is 6.26 Å². The first kappa shape index (κ1) is 9.77. The molecule has 1 N–H and O–H groups in total. The molecule has 0 saturated carbocycles. The van der Waals surface area contributed by atoms with E-state index in [1.807, 2.05) is 20.8 Å². The van der Waals surface area contributed by atoms with Crippen molar-refractivity contribution in [2.75, 3.05) is 5.32 Å². The maximum Gasteiger partial charge on any atom is 0.226 e. The van der Waals surface area contributed by atoms with Gasteiger partial charge in [-0.2, -0.15) is 0 Å². The number of hydrogen-bond donors (Lipinski definition) is 1. The number of carbonyl (C=O) groups is 1. The fourth-order valence-corrected chi connectivity index (χ4v) is 0.946. The molecule has 13 heavy (non-hydrogen) atoms. The van der Waals surface area contributed by atoms with E-state index in [4.69, 9.17) is 0 Å². The highest BCUT2D eigenvalue weighted by molar-refractivity contribution is 5.89. The second-order valence-corrected chi connectivity index (χ2v) is 4.17. The molecule has 1 aromatic heterocycles. The second kappa shape index (κ2) is 3.60. The van der Waals surface area contributed by atoms with E-state index in [0.717, 1.165) is 0 Å². The normalized spacial score (nSPS) is 11.3. The van der Waals surface area contributed by atoms with Crippen LogP contribution in [0.2, 0.25) is 0 Å². The van der Waals surface area contributed by atoms with E-state index in [2.05, 4.69) is 15.0 Å². The van der Waals surface area contributed by atoms with Gasteiger partial charge in [0.2, 0.25) is 5.91 Å². The van der Waals surface area contributed by atoms with Crippen LogP contribution in [0.5, 0.6) is 0 Å². The molecule has 0 unspecified atom stereocenters. The van der Waals surface area contributed by atoms with Crippen molar-refractivity contribution >= 4 is 11.7 Å². The van der Waals surface area contributed by atoms with Crippen LogP contribution in [0.1, 0.15) is 27.2 Å². The first-order valence-electron chi connectivity index (χ1n) is 4.18. The summed E-state index contributed by atoms with van der Waals surface area (Å²) in [6, 6.07) is 1.61. The van der Waals surface area contributed by atoms with Crippen molar-refractivity contribution in [2.45, 2.75) is 27.2 Å². The van der Waals surface area contributed by atoms with Crippen LogP contribution in [-0.2, 0) is 4.79 Å². The first-order chi connectivity index (χ1) is 5.97. The molecule has 0 bridgehead atoms. The zero-order valence-corrected chi connectivity index (χ0v) is 8.13. The van der Waals surface area contributed by atoms with Crippen LogP contribution in [0.15, 0.2) is 16.9 Å². The SMILES string of the molecule is CC(C)(C)CC(=O)Nc1ccon1. The molecule has 0 saturated heterocycles. The molecule has 1 amide bonds. The second-order valence-electron chi connectivity index (χ2n) is 4.17. The lowest BCUT2D eigenvalue weighted by Gasteiger charge is -2.16. The maximum atomic E-state index is 11.3. The number of aromatic nitrogens is 1. The van der Waals surface area contributed by atoms with Crippen LogP contribution in [0.25, 0.3) is 0 Å². The van der Waals surface area contributed by atoms with Gasteiger partial charge in [-0.3, -0.25) is 4.79 Å². The average Bonchev–Trinajstić information content (AvgIpc) is 2.34. The number of carbonyl (C=O) groups excluding carboxylic acids is 1. The van der Waals surface area contributed by atoms with Crippen molar-refractivity contribution in [3.05, 3.63) is 12.3 Å². The summed E-state index contributed by atoms with van der Waals surface area (Å²) in [6.45, 7) is 6.03. The molecule has 1 heterocycles. The summed E-state index contributed by atoms with van der Waals surface area (Å²) in [5.41, 5.74) is -0.00613. The van der Waals surface area contributed by atoms with Gasteiger partial charge in [-0.25, -0.2) is 0 Å². The Hall–Kier alpha value is -1.32. The summed E-state index contributed by atoms with van der Waals surface area (Å²) >= 11 is 0. The number of nitrogens with zero attached hydrogens (tertiary/aromatic N) is 1. The maximum absolute atomic E-state index is 11.3. The van der Waals surface area contributed by atoms with Gasteiger partial charge in [0.05, 0.1) is 0 Å². The Morgan fingerprint density at radius 2 is 2.31 bits per heavy atom. The van der Waals surface area contributed by atoms with E-state index in [0.29, 0.717) is 12.2 Å². The highest BCUT2D eigenvalue weighted by Gasteiger charge is 2.16. The minimum Gasteiger partial charge on any atom is -0.363 e. The van der Waals surface area contributed by atoms with Crippen molar-refractivity contribution in [3.63, 3.8) is 0 Å². The third-order valence-electron chi connectivity index (χ3n) is 1.40. The van der Waals surface area contributed by atoms with Crippen molar-refractivity contribution in [3.8, 4) is 0 Å². The van der Waals surface area contributed by atoms with Crippen LogP contribution >= 0.6 is 0 Å². The molecular formula is C9H14N2O2. The van der Waals surface area contributed by atoms with E-state index < -0.39 is 0 Å². The molecule has 1 rings (SSSR count). The molecule has 0 aliphatic carbocycles. The molecule has 72 valence electrons. The molecule has 0 spiro atoms. The highest BCUT2D eigenvalue weighted by atomic mass is 16.5. The number of nitrogens with one attached hydrogen (secondary N) is 1. The molecule has 0 aliphatic heterocycles. The minimum atomic E-state index is -0.0404. The Morgan fingerprint density at radius 1 is 1.62 bits per heavy atom. The summed E-state index contributed by atoms with van der Waals surface area (Å²) in [4.78, 5) is 11.3. The van der Waals surface area contributed by atoms with Crippen molar-refractivity contribution in [2.24, 2.45) is 5.41 Å². The van der Waals surface area contributed by atoms with Gasteiger partial charge in [0.1, 0.15) is 6.26 Å². The number of rotatable bonds is 2. The molecule has 4 nitrogen and oxygen atoms in total. The predicted octanol–water partition coefficient (Wildman–Crippen LogP) is 2.05. The molecule has 0 radical (unpaired) electrons. The zero-order valence-electron chi connectivity index (χ0n) is 8.13. The van der Waals surface area contributed by atoms with Gasteiger partial charge >= 0.3 is 0 Å². The molecule has 4 heteroatoms. The summed E-state index contributed by atoms with van der Waals surface area (Å²) in [5.74, 6) is 0.427. The fraction of sp³-hybridized carbons (Fsp3) is 0.556. The smallest absolute Gasteiger partial charge is 0.226 e. The average molecular weight is 182 g/mol. The molecule has 1 aromatic rings. The summed E-state index contributed by atoms with van der Waals surface area (Å²) < 4.78 is 4.58. The minimum absolute atomic E-state index is 0.00613. The Kier molecular flexibility index (Phi) is 2.70. The van der Waals surface area contributed by atoms with Crippen LogP contribution in [0.3, 0.4) is 0 Å². The Balaban J connectivity index is 2.43. The lowest BCUT2D eigenvalue weighted by molar-refractivity contribution is -0.117. The van der Waals surface area contributed by atoms with Crippen molar-refractivity contribution in [1.29, 1.82) is 0 Å². The molecule has 0 atom stereocenters. The lowest BCUT2D eigenvalue weighted by atomic mass is 9.92. The third-order valence-corrected chi connectivity index (χ3v) is 1.40. The van der Waals surface area contributed by atoms with E-state index in [-0.39, 0.29) is 11.3 Å². The van der Waals surface area contributed by atoms with Crippen LogP contribution in [0.4, 0.5) is 5.82 Å². The van der Waals surface area contributed by atoms with E-state index in [9.17, 15) is 4.79 Å². The van der Waals surface area contributed by atoms with Crippen LogP contribution < -0.4 is 5.32 Å². The van der Waals surface area contributed by atoms with Crippen LogP contribution in [-0.4, -0.2) is 11.1 Å². The van der Waals surface area contributed by atoms with Gasteiger partial charge in [-0.15, -0.1) is 0 Å². The Labute approximate surface area is 77.3 Å². The topological polar surface area (TPSA) is 55.1 Å². The van der Waals surface area contributed by atoms with Gasteiger partial charge in [0, 0.05) is 12.5 Å². The Morgan fingerprint density at radius 3 is 2.77 bits per heavy atom. The molecular weight excluding hydrogens is 168 g/mol. The van der Waals surface area contributed by atoms with Crippen molar-refractivity contribution in [1.82, 2.24) is 5.16 Å². The summed E-state index contributed by atoms with van der Waals surface area (Å²) in [7, 11) is 0. The Bertz CT molecular complexity index is 272. The van der Waals surface area contributed by atoms with E-state index in [1.54, 1.807) is 6.07 Å². The zero-order chi connectivity index (χ0) is 9.90. The van der Waals surface area contributed by atoms with Gasteiger partial charge in [0.15, 0.2) is 5.82 Å². The lowest BCUT2D eigenvalue weighted by Crippen LogP contribution is -2.19. The van der Waals surface area contributed by atoms with Crippen LogP contribution in [0, 0.1) is 5.41 Å². The van der Waals surface area contributed by atoms with Gasteiger partial charge in [0.25, 0.3) is 0 Å². The standard InChI is InChI=1S/C9H14N2O2/c1-9(2,3)6-8(12)10-7-4-5-13-11-7/h4-5H,6H2,1-3H3,(H,10,11,12). The molecule has 0 aromatic carbocycles. The van der Waals surface area contributed by atoms with Gasteiger partial charge < -0.3 is 9.84 Å².